The molecule has 1 aromatic rings. The molecule has 1 rings (SSSR count). The summed E-state index contributed by atoms with van der Waals surface area (Å²) in [4.78, 5) is 11.9. The Hall–Kier alpha value is -0.820. The summed E-state index contributed by atoms with van der Waals surface area (Å²) in [5.74, 6) is 0.483. The Morgan fingerprint density at radius 2 is 2.20 bits per heavy atom. The zero-order valence-corrected chi connectivity index (χ0v) is 13.9. The van der Waals surface area contributed by atoms with Gasteiger partial charge < -0.3 is 20.5 Å². The highest BCUT2D eigenvalue weighted by Gasteiger charge is 2.13. The second-order valence-electron chi connectivity index (χ2n) is 3.92. The van der Waals surface area contributed by atoms with Crippen molar-refractivity contribution < 1.29 is 14.3 Å². The lowest BCUT2D eigenvalue weighted by molar-refractivity contribution is -0.118. The number of ether oxygens (including phenoxy) is 2. The lowest BCUT2D eigenvalue weighted by Gasteiger charge is -2.15. The van der Waals surface area contributed by atoms with Crippen LogP contribution in [0.3, 0.4) is 0 Å². The molecular weight excluding hydrogens is 348 g/mol. The van der Waals surface area contributed by atoms with Gasteiger partial charge in [-0.1, -0.05) is 15.9 Å². The topological polar surface area (TPSA) is 73.6 Å². The Labute approximate surface area is 133 Å². The van der Waals surface area contributed by atoms with Crippen molar-refractivity contribution in [3.63, 3.8) is 0 Å². The Kier molecular flexibility index (Phi) is 9.58. The summed E-state index contributed by atoms with van der Waals surface area (Å²) in [6.07, 6.45) is -0.0619. The number of benzene rings is 1. The van der Waals surface area contributed by atoms with Crippen molar-refractivity contribution in [2.45, 2.75) is 19.4 Å². The molecule has 0 aromatic heterocycles. The fourth-order valence-electron chi connectivity index (χ4n) is 1.55. The van der Waals surface area contributed by atoms with E-state index in [1.165, 1.54) is 7.11 Å². The molecule has 1 amide bonds. The van der Waals surface area contributed by atoms with Gasteiger partial charge in [0.25, 0.3) is 0 Å². The number of carbonyl (C=O) groups excluding carboxylic acids is 1. The number of hydrogen-bond acceptors (Lipinski definition) is 4. The first-order valence-corrected chi connectivity index (χ1v) is 6.85. The lowest BCUT2D eigenvalue weighted by Crippen LogP contribution is -2.28. The number of amides is 1. The van der Waals surface area contributed by atoms with Crippen molar-refractivity contribution in [2.75, 3.05) is 25.6 Å². The van der Waals surface area contributed by atoms with Crippen molar-refractivity contribution in [1.29, 1.82) is 0 Å². The zero-order valence-electron chi connectivity index (χ0n) is 11.5. The summed E-state index contributed by atoms with van der Waals surface area (Å²) >= 11 is 3.36. The van der Waals surface area contributed by atoms with Gasteiger partial charge in [-0.05, 0) is 25.1 Å². The molecule has 0 aliphatic heterocycles. The van der Waals surface area contributed by atoms with Crippen molar-refractivity contribution in [3.05, 3.63) is 22.7 Å². The molecule has 3 N–H and O–H groups in total. The van der Waals surface area contributed by atoms with Crippen LogP contribution in [0.1, 0.15) is 13.3 Å². The molecule has 0 saturated carbocycles. The molecule has 5 nitrogen and oxygen atoms in total. The molecule has 0 aliphatic rings. The van der Waals surface area contributed by atoms with E-state index in [-0.39, 0.29) is 30.8 Å². The molecule has 0 bridgehead atoms. The molecule has 0 heterocycles. The minimum Gasteiger partial charge on any atom is -0.492 e. The van der Waals surface area contributed by atoms with E-state index in [1.54, 1.807) is 12.1 Å². The van der Waals surface area contributed by atoms with Gasteiger partial charge in [-0.3, -0.25) is 4.79 Å². The van der Waals surface area contributed by atoms with E-state index in [2.05, 4.69) is 21.2 Å². The van der Waals surface area contributed by atoms with Crippen LogP contribution in [-0.4, -0.2) is 32.3 Å². The average molecular weight is 368 g/mol. The summed E-state index contributed by atoms with van der Waals surface area (Å²) in [6, 6.07) is 5.46. The predicted octanol–water partition coefficient (Wildman–Crippen LogP) is 2.57. The maximum atomic E-state index is 11.9. The highest BCUT2D eigenvalue weighted by Crippen LogP contribution is 2.28. The Morgan fingerprint density at radius 3 is 2.75 bits per heavy atom. The standard InChI is InChI=1S/C13H19BrN2O3.ClH/c1-3-19-12-5-4-9(14)6-11(12)16-13(17)7-10(8-15)18-2;/h4-6,10H,3,7-8,15H2,1-2H3,(H,16,17);1H. The number of rotatable bonds is 7. The van der Waals surface area contributed by atoms with Gasteiger partial charge in [0.1, 0.15) is 5.75 Å². The molecule has 1 unspecified atom stereocenters. The Balaban J connectivity index is 0.00000361. The summed E-state index contributed by atoms with van der Waals surface area (Å²) in [6.45, 7) is 2.73. The first kappa shape index (κ1) is 19.2. The summed E-state index contributed by atoms with van der Waals surface area (Å²) in [5, 5.41) is 2.81. The van der Waals surface area contributed by atoms with Crippen LogP contribution >= 0.6 is 28.3 Å². The lowest BCUT2D eigenvalue weighted by atomic mass is 10.2. The number of nitrogens with two attached hydrogens (primary N) is 1. The van der Waals surface area contributed by atoms with Crippen LogP contribution < -0.4 is 15.8 Å². The van der Waals surface area contributed by atoms with Gasteiger partial charge in [-0.25, -0.2) is 0 Å². The third-order valence-corrected chi connectivity index (χ3v) is 3.02. The molecule has 20 heavy (non-hydrogen) atoms. The average Bonchev–Trinajstić information content (AvgIpc) is 2.39. The molecule has 1 aromatic carbocycles. The van der Waals surface area contributed by atoms with Gasteiger partial charge in [0, 0.05) is 18.1 Å². The van der Waals surface area contributed by atoms with Crippen molar-refractivity contribution in [3.8, 4) is 5.75 Å². The maximum absolute atomic E-state index is 11.9. The van der Waals surface area contributed by atoms with E-state index < -0.39 is 0 Å². The summed E-state index contributed by atoms with van der Waals surface area (Å²) in [5.41, 5.74) is 6.12. The molecule has 0 spiro atoms. The summed E-state index contributed by atoms with van der Waals surface area (Å²) in [7, 11) is 1.54. The minimum atomic E-state index is -0.275. The number of nitrogens with one attached hydrogen (secondary N) is 1. The van der Waals surface area contributed by atoms with Crippen LogP contribution in [0.4, 0.5) is 5.69 Å². The van der Waals surface area contributed by atoms with Gasteiger partial charge in [-0.2, -0.15) is 0 Å². The zero-order chi connectivity index (χ0) is 14.3. The van der Waals surface area contributed by atoms with Crippen molar-refractivity contribution in [2.24, 2.45) is 5.73 Å². The van der Waals surface area contributed by atoms with Gasteiger partial charge >= 0.3 is 0 Å². The number of anilines is 1. The molecule has 0 fully saturated rings. The molecule has 0 radical (unpaired) electrons. The number of methoxy groups -OCH3 is 1. The molecule has 7 heteroatoms. The van der Waals surface area contributed by atoms with Gasteiger partial charge in [0.2, 0.25) is 5.91 Å². The Bertz CT molecular complexity index is 428. The van der Waals surface area contributed by atoms with E-state index in [9.17, 15) is 4.79 Å². The van der Waals surface area contributed by atoms with E-state index in [4.69, 9.17) is 15.2 Å². The van der Waals surface area contributed by atoms with Crippen LogP contribution in [0, 0.1) is 0 Å². The molecule has 1 atom stereocenters. The van der Waals surface area contributed by atoms with E-state index in [0.717, 1.165) is 4.47 Å². The quantitative estimate of drug-likeness (QED) is 0.777. The predicted molar refractivity (Wildman–Crippen MR) is 85.7 cm³/mol. The van der Waals surface area contributed by atoms with Crippen molar-refractivity contribution in [1.82, 2.24) is 0 Å². The first-order valence-electron chi connectivity index (χ1n) is 6.05. The molecule has 114 valence electrons. The SMILES string of the molecule is CCOc1ccc(Br)cc1NC(=O)CC(CN)OC.Cl. The third-order valence-electron chi connectivity index (χ3n) is 2.52. The van der Waals surface area contributed by atoms with Crippen molar-refractivity contribution >= 4 is 39.9 Å². The van der Waals surface area contributed by atoms with E-state index in [1.807, 2.05) is 13.0 Å². The number of carbonyl (C=O) groups is 1. The second-order valence-corrected chi connectivity index (χ2v) is 4.83. The van der Waals surface area contributed by atoms with Crippen LogP contribution in [0.2, 0.25) is 0 Å². The van der Waals surface area contributed by atoms with E-state index in [0.29, 0.717) is 24.6 Å². The van der Waals surface area contributed by atoms with Crippen LogP contribution in [-0.2, 0) is 9.53 Å². The minimum absolute atomic E-state index is 0. The second kappa shape index (κ2) is 9.99. The number of hydrogen-bond donors (Lipinski definition) is 2. The Morgan fingerprint density at radius 1 is 1.50 bits per heavy atom. The maximum Gasteiger partial charge on any atom is 0.227 e. The fraction of sp³-hybridized carbons (Fsp3) is 0.462. The first-order chi connectivity index (χ1) is 9.10. The van der Waals surface area contributed by atoms with E-state index >= 15 is 0 Å². The largest absolute Gasteiger partial charge is 0.492 e. The van der Waals surface area contributed by atoms with Crippen LogP contribution in [0.5, 0.6) is 5.75 Å². The molecule has 0 saturated heterocycles. The number of halogens is 2. The monoisotopic (exact) mass is 366 g/mol. The van der Waals surface area contributed by atoms with Gasteiger partial charge in [0.15, 0.2) is 0 Å². The third kappa shape index (κ3) is 6.09. The fourth-order valence-corrected chi connectivity index (χ4v) is 1.91. The van der Waals surface area contributed by atoms with Gasteiger partial charge in [0.05, 0.1) is 24.8 Å². The highest BCUT2D eigenvalue weighted by molar-refractivity contribution is 9.10. The highest BCUT2D eigenvalue weighted by atomic mass is 79.9. The van der Waals surface area contributed by atoms with Crippen LogP contribution in [0.25, 0.3) is 0 Å². The van der Waals surface area contributed by atoms with Gasteiger partial charge in [-0.15, -0.1) is 12.4 Å². The van der Waals surface area contributed by atoms with Crippen LogP contribution in [0.15, 0.2) is 22.7 Å². The molecule has 0 aliphatic carbocycles. The normalized spacial score (nSPS) is 11.4. The smallest absolute Gasteiger partial charge is 0.227 e. The molecular formula is C13H20BrClN2O3. The summed E-state index contributed by atoms with van der Waals surface area (Å²) < 4.78 is 11.4.